The zero-order chi connectivity index (χ0) is 36.7. The molecule has 0 radical (unpaired) electrons. The molecular weight excluding hydrogens is 675 g/mol. The fourth-order valence-electron chi connectivity index (χ4n) is 8.45. The fraction of sp³-hybridized carbons (Fsp3) is 0.0612. The van der Waals surface area contributed by atoms with Gasteiger partial charge in [-0.1, -0.05) is 111 Å². The monoisotopic (exact) mass is 707 g/mol. The minimum atomic E-state index is -0.254. The summed E-state index contributed by atoms with van der Waals surface area (Å²) in [5, 5.41) is 2.29. The molecule has 6 heteroatoms. The van der Waals surface area contributed by atoms with Crippen LogP contribution < -0.4 is 0 Å². The Morgan fingerprint density at radius 1 is 0.509 bits per heavy atom. The lowest BCUT2D eigenvalue weighted by atomic mass is 9.82. The van der Waals surface area contributed by atoms with Crippen LogP contribution in [0.25, 0.3) is 95.1 Å². The second-order valence-corrected chi connectivity index (χ2v) is 14.7. The van der Waals surface area contributed by atoms with E-state index in [-0.39, 0.29) is 5.41 Å². The van der Waals surface area contributed by atoms with Crippen molar-refractivity contribution in [1.82, 2.24) is 24.5 Å². The van der Waals surface area contributed by atoms with E-state index in [2.05, 4.69) is 125 Å². The Labute approximate surface area is 317 Å². The van der Waals surface area contributed by atoms with Crippen LogP contribution in [0, 0.1) is 0 Å². The SMILES string of the molecule is CC1(C)c2cc(-n3c4ccc(-c5ccccc5)cc4c4cc(-c5ncnc(-c6ccccc6)n5)ccc43)ccc2-c2c1ccc1nc(-c3ccccc3)oc21. The normalized spacial score (nSPS) is 13.1. The summed E-state index contributed by atoms with van der Waals surface area (Å²) in [5.74, 6) is 1.93. The molecule has 6 nitrogen and oxygen atoms in total. The summed E-state index contributed by atoms with van der Waals surface area (Å²) in [7, 11) is 0. The van der Waals surface area contributed by atoms with Gasteiger partial charge in [-0.2, -0.15) is 0 Å². The maximum atomic E-state index is 6.56. The summed E-state index contributed by atoms with van der Waals surface area (Å²) in [6.07, 6.45) is 1.60. The van der Waals surface area contributed by atoms with Crippen molar-refractivity contribution >= 4 is 32.9 Å². The van der Waals surface area contributed by atoms with Crippen LogP contribution in [-0.4, -0.2) is 24.5 Å². The maximum absolute atomic E-state index is 6.56. The highest BCUT2D eigenvalue weighted by Gasteiger charge is 2.38. The van der Waals surface area contributed by atoms with Gasteiger partial charge in [0.2, 0.25) is 5.89 Å². The first kappa shape index (κ1) is 31.4. The molecule has 0 aliphatic heterocycles. The van der Waals surface area contributed by atoms with Crippen molar-refractivity contribution < 1.29 is 4.42 Å². The smallest absolute Gasteiger partial charge is 0.227 e. The third kappa shape index (κ3) is 4.88. The highest BCUT2D eigenvalue weighted by atomic mass is 16.3. The van der Waals surface area contributed by atoms with E-state index in [4.69, 9.17) is 14.4 Å². The van der Waals surface area contributed by atoms with Gasteiger partial charge in [0.15, 0.2) is 17.2 Å². The molecule has 0 bridgehead atoms. The van der Waals surface area contributed by atoms with Crippen LogP contribution in [0.1, 0.15) is 25.0 Å². The molecule has 1 aliphatic rings. The van der Waals surface area contributed by atoms with Crippen LogP contribution in [0.5, 0.6) is 0 Å². The predicted octanol–water partition coefficient (Wildman–Crippen LogP) is 12.1. The summed E-state index contributed by atoms with van der Waals surface area (Å²) in [4.78, 5) is 18.9. The first-order chi connectivity index (χ1) is 27.0. The van der Waals surface area contributed by atoms with Gasteiger partial charge in [-0.15, -0.1) is 0 Å². The van der Waals surface area contributed by atoms with E-state index >= 15 is 0 Å². The zero-order valence-electron chi connectivity index (χ0n) is 30.2. The molecule has 260 valence electrons. The predicted molar refractivity (Wildman–Crippen MR) is 221 cm³/mol. The quantitative estimate of drug-likeness (QED) is 0.178. The first-order valence-electron chi connectivity index (χ1n) is 18.5. The summed E-state index contributed by atoms with van der Waals surface area (Å²) >= 11 is 0. The van der Waals surface area contributed by atoms with E-state index in [9.17, 15) is 0 Å². The number of hydrogen-bond donors (Lipinski definition) is 0. The van der Waals surface area contributed by atoms with Crippen molar-refractivity contribution in [2.45, 2.75) is 19.3 Å². The second kappa shape index (κ2) is 11.9. The van der Waals surface area contributed by atoms with Crippen molar-refractivity contribution in [3.05, 3.63) is 175 Å². The van der Waals surface area contributed by atoms with Crippen molar-refractivity contribution in [1.29, 1.82) is 0 Å². The van der Waals surface area contributed by atoms with Crippen molar-refractivity contribution in [3.63, 3.8) is 0 Å². The highest BCUT2D eigenvalue weighted by molar-refractivity contribution is 6.11. The molecule has 0 amide bonds. The number of aromatic nitrogens is 5. The van der Waals surface area contributed by atoms with Gasteiger partial charge in [-0.3, -0.25) is 0 Å². The van der Waals surface area contributed by atoms with Crippen molar-refractivity contribution in [2.24, 2.45) is 0 Å². The molecule has 11 rings (SSSR count). The molecule has 3 heterocycles. The summed E-state index contributed by atoms with van der Waals surface area (Å²) in [5.41, 5.74) is 14.8. The second-order valence-electron chi connectivity index (χ2n) is 14.7. The van der Waals surface area contributed by atoms with Crippen LogP contribution in [0.15, 0.2) is 168 Å². The summed E-state index contributed by atoms with van der Waals surface area (Å²) in [6.45, 7) is 4.62. The number of oxazole rings is 1. The molecular formula is C49H33N5O. The molecule has 0 fully saturated rings. The van der Waals surface area contributed by atoms with Gasteiger partial charge < -0.3 is 8.98 Å². The van der Waals surface area contributed by atoms with E-state index in [1.807, 2.05) is 60.7 Å². The number of nitrogens with zero attached hydrogens (tertiary/aromatic N) is 5. The third-order valence-corrected chi connectivity index (χ3v) is 11.2. The third-order valence-electron chi connectivity index (χ3n) is 11.2. The minimum Gasteiger partial charge on any atom is -0.435 e. The topological polar surface area (TPSA) is 69.6 Å². The number of hydrogen-bond acceptors (Lipinski definition) is 5. The van der Waals surface area contributed by atoms with E-state index in [0.29, 0.717) is 17.5 Å². The summed E-state index contributed by atoms with van der Waals surface area (Å²) in [6, 6.07) is 55.3. The minimum absolute atomic E-state index is 0.254. The highest BCUT2D eigenvalue weighted by Crippen LogP contribution is 2.52. The van der Waals surface area contributed by atoms with E-state index in [1.165, 1.54) is 27.8 Å². The molecule has 3 aromatic heterocycles. The molecule has 7 aromatic carbocycles. The number of fused-ring (bicyclic) bond motifs is 8. The van der Waals surface area contributed by atoms with Gasteiger partial charge in [0.1, 0.15) is 11.8 Å². The van der Waals surface area contributed by atoms with Crippen LogP contribution >= 0.6 is 0 Å². The Kier molecular flexibility index (Phi) is 6.79. The molecule has 0 N–H and O–H groups in total. The van der Waals surface area contributed by atoms with E-state index < -0.39 is 0 Å². The first-order valence-corrected chi connectivity index (χ1v) is 18.5. The van der Waals surface area contributed by atoms with Crippen LogP contribution in [0.3, 0.4) is 0 Å². The average Bonchev–Trinajstić information content (AvgIpc) is 3.90. The Morgan fingerprint density at radius 3 is 1.84 bits per heavy atom. The van der Waals surface area contributed by atoms with Gasteiger partial charge in [0, 0.05) is 44.1 Å². The Morgan fingerprint density at radius 2 is 1.13 bits per heavy atom. The molecule has 10 aromatic rings. The molecule has 0 spiro atoms. The van der Waals surface area contributed by atoms with Gasteiger partial charge in [-0.05, 0) is 88.5 Å². The molecule has 0 atom stereocenters. The molecule has 0 unspecified atom stereocenters. The zero-order valence-corrected chi connectivity index (χ0v) is 30.2. The Bertz CT molecular complexity index is 3110. The maximum Gasteiger partial charge on any atom is 0.227 e. The molecule has 0 saturated heterocycles. The number of rotatable bonds is 5. The van der Waals surface area contributed by atoms with Crippen LogP contribution in [0.4, 0.5) is 0 Å². The largest absolute Gasteiger partial charge is 0.435 e. The van der Waals surface area contributed by atoms with Crippen LogP contribution in [0.2, 0.25) is 0 Å². The Balaban J connectivity index is 1.10. The van der Waals surface area contributed by atoms with Gasteiger partial charge in [0.05, 0.1) is 11.0 Å². The van der Waals surface area contributed by atoms with E-state index in [1.54, 1.807) is 6.33 Å². The molecule has 0 saturated carbocycles. The summed E-state index contributed by atoms with van der Waals surface area (Å²) < 4.78 is 8.95. The van der Waals surface area contributed by atoms with Crippen LogP contribution in [-0.2, 0) is 5.41 Å². The average molecular weight is 708 g/mol. The number of benzene rings is 7. The molecule has 1 aliphatic carbocycles. The standard InChI is InChI=1S/C49H33N5O/c1-49(2)39-22-23-41-45(55-48(52-41)32-16-10-5-11-17-32)44(39)36-21-20-35(28-40(36)49)54-42-24-18-33(30-12-6-3-7-13-30)26-37(42)38-27-34(19-25-43(38)54)47-51-29-50-46(53-47)31-14-8-4-9-15-31/h3-29H,1-2H3. The van der Waals surface area contributed by atoms with E-state index in [0.717, 1.165) is 60.8 Å². The lowest BCUT2D eigenvalue weighted by Crippen LogP contribution is -2.15. The lowest BCUT2D eigenvalue weighted by molar-refractivity contribution is 0.618. The van der Waals surface area contributed by atoms with Crippen molar-refractivity contribution in [2.75, 3.05) is 0 Å². The van der Waals surface area contributed by atoms with Gasteiger partial charge >= 0.3 is 0 Å². The Hall–Kier alpha value is -7.18. The fourth-order valence-corrected chi connectivity index (χ4v) is 8.45. The van der Waals surface area contributed by atoms with Crippen molar-refractivity contribution in [3.8, 4) is 62.2 Å². The molecule has 55 heavy (non-hydrogen) atoms. The lowest BCUT2D eigenvalue weighted by Gasteiger charge is -2.22. The van der Waals surface area contributed by atoms with Gasteiger partial charge in [0.25, 0.3) is 0 Å². The van der Waals surface area contributed by atoms with Gasteiger partial charge in [-0.25, -0.2) is 19.9 Å².